The third-order valence-corrected chi connectivity index (χ3v) is 4.17. The van der Waals surface area contributed by atoms with Crippen LogP contribution < -0.4 is 5.32 Å². The molecular weight excluding hydrogens is 216 g/mol. The van der Waals surface area contributed by atoms with Crippen molar-refractivity contribution in [3.05, 3.63) is 11.1 Å². The van der Waals surface area contributed by atoms with E-state index in [-0.39, 0.29) is 5.54 Å². The molecule has 1 saturated carbocycles. The van der Waals surface area contributed by atoms with Gasteiger partial charge in [0.2, 0.25) is 0 Å². The van der Waals surface area contributed by atoms with Crippen molar-refractivity contribution < 1.29 is 0 Å². The maximum absolute atomic E-state index is 5.97. The Bertz CT molecular complexity index is 301. The normalized spacial score (nSPS) is 19.0. The van der Waals surface area contributed by atoms with Crippen molar-refractivity contribution in [3.8, 4) is 0 Å². The first-order chi connectivity index (χ1) is 6.78. The Labute approximate surface area is 93.7 Å². The molecule has 0 radical (unpaired) electrons. The lowest BCUT2D eigenvalue weighted by Crippen LogP contribution is -2.46. The van der Waals surface area contributed by atoms with Crippen molar-refractivity contribution in [1.82, 2.24) is 4.98 Å². The van der Waals surface area contributed by atoms with Crippen LogP contribution in [0.1, 0.15) is 31.9 Å². The minimum absolute atomic E-state index is 0.143. The second kappa shape index (κ2) is 4.07. The van der Waals surface area contributed by atoms with Gasteiger partial charge in [-0.15, -0.1) is 22.9 Å². The van der Waals surface area contributed by atoms with Crippen molar-refractivity contribution in [2.75, 3.05) is 11.2 Å². The molecule has 0 saturated heterocycles. The number of anilines is 1. The highest BCUT2D eigenvalue weighted by atomic mass is 35.5. The molecule has 0 unspecified atom stereocenters. The fourth-order valence-electron chi connectivity index (χ4n) is 1.65. The van der Waals surface area contributed by atoms with Crippen LogP contribution in [0.3, 0.4) is 0 Å². The van der Waals surface area contributed by atoms with Gasteiger partial charge >= 0.3 is 0 Å². The van der Waals surface area contributed by atoms with Gasteiger partial charge in [-0.1, -0.05) is 6.92 Å². The molecule has 1 aliphatic rings. The molecule has 2 nitrogen and oxygen atoms in total. The average Bonchev–Trinajstić information content (AvgIpc) is 2.59. The van der Waals surface area contributed by atoms with Crippen LogP contribution in [0.25, 0.3) is 0 Å². The van der Waals surface area contributed by atoms with Crippen molar-refractivity contribution in [2.24, 2.45) is 0 Å². The smallest absolute Gasteiger partial charge is 0.183 e. The van der Waals surface area contributed by atoms with E-state index >= 15 is 0 Å². The van der Waals surface area contributed by atoms with Crippen LogP contribution in [-0.2, 0) is 6.42 Å². The van der Waals surface area contributed by atoms with E-state index in [1.807, 2.05) is 0 Å². The summed E-state index contributed by atoms with van der Waals surface area (Å²) in [5.41, 5.74) is 1.31. The van der Waals surface area contributed by atoms with E-state index in [4.69, 9.17) is 11.6 Å². The largest absolute Gasteiger partial charge is 0.355 e. The van der Waals surface area contributed by atoms with Crippen LogP contribution in [0.15, 0.2) is 5.38 Å². The Kier molecular flexibility index (Phi) is 2.98. The number of halogens is 1. The van der Waals surface area contributed by atoms with E-state index in [0.29, 0.717) is 5.88 Å². The lowest BCUT2D eigenvalue weighted by molar-refractivity contribution is 0.311. The summed E-state index contributed by atoms with van der Waals surface area (Å²) in [5.74, 6) is 0.689. The second-order valence-corrected chi connectivity index (χ2v) is 5.02. The van der Waals surface area contributed by atoms with E-state index in [1.165, 1.54) is 25.0 Å². The second-order valence-electron chi connectivity index (χ2n) is 3.89. The zero-order chi connectivity index (χ0) is 10.0. The van der Waals surface area contributed by atoms with Gasteiger partial charge in [-0.3, -0.25) is 0 Å². The van der Waals surface area contributed by atoms with Gasteiger partial charge in [0.05, 0.1) is 11.2 Å². The number of hydrogen-bond acceptors (Lipinski definition) is 3. The number of rotatable bonds is 4. The highest BCUT2D eigenvalue weighted by Crippen LogP contribution is 2.36. The number of aryl methyl sites for hydroxylation is 1. The third kappa shape index (κ3) is 1.89. The summed E-state index contributed by atoms with van der Waals surface area (Å²) < 4.78 is 0. The summed E-state index contributed by atoms with van der Waals surface area (Å²) >= 11 is 7.65. The Morgan fingerprint density at radius 3 is 2.86 bits per heavy atom. The van der Waals surface area contributed by atoms with E-state index < -0.39 is 0 Å². The van der Waals surface area contributed by atoms with Gasteiger partial charge in [0, 0.05) is 11.3 Å². The summed E-state index contributed by atoms with van der Waals surface area (Å²) in [4.78, 5) is 4.49. The van der Waals surface area contributed by atoms with Crippen molar-refractivity contribution in [2.45, 2.75) is 38.1 Å². The molecule has 1 heterocycles. The number of alkyl halides is 1. The molecule has 0 bridgehead atoms. The monoisotopic (exact) mass is 230 g/mol. The number of aromatic nitrogens is 1. The van der Waals surface area contributed by atoms with E-state index in [9.17, 15) is 0 Å². The van der Waals surface area contributed by atoms with Gasteiger partial charge in [0.25, 0.3) is 0 Å². The van der Waals surface area contributed by atoms with E-state index in [1.54, 1.807) is 11.3 Å². The fourth-order valence-corrected chi connectivity index (χ4v) is 2.90. The zero-order valence-electron chi connectivity index (χ0n) is 8.35. The van der Waals surface area contributed by atoms with Crippen molar-refractivity contribution in [3.63, 3.8) is 0 Å². The molecule has 0 spiro atoms. The van der Waals surface area contributed by atoms with Crippen LogP contribution >= 0.6 is 22.9 Å². The van der Waals surface area contributed by atoms with Crippen molar-refractivity contribution in [1.29, 1.82) is 0 Å². The fraction of sp³-hybridized carbons (Fsp3) is 0.700. The lowest BCUT2D eigenvalue weighted by Gasteiger charge is -2.40. The standard InChI is InChI=1S/C10H15ClN2S/c1-2-8-6-14-9(12-8)13-10(7-11)4-3-5-10/h6H,2-5,7H2,1H3,(H,12,13). The molecule has 4 heteroatoms. The van der Waals surface area contributed by atoms with Crippen LogP contribution in [-0.4, -0.2) is 16.4 Å². The topological polar surface area (TPSA) is 24.9 Å². The van der Waals surface area contributed by atoms with Gasteiger partial charge in [0.15, 0.2) is 5.13 Å². The van der Waals surface area contributed by atoms with Gasteiger partial charge in [-0.25, -0.2) is 4.98 Å². The van der Waals surface area contributed by atoms with E-state index in [0.717, 1.165) is 11.6 Å². The number of nitrogens with zero attached hydrogens (tertiary/aromatic N) is 1. The minimum atomic E-state index is 0.143. The predicted molar refractivity (Wildman–Crippen MR) is 62.4 cm³/mol. The molecule has 0 aromatic carbocycles. The first-order valence-corrected chi connectivity index (χ1v) is 6.48. The maximum atomic E-state index is 5.97. The number of hydrogen-bond donors (Lipinski definition) is 1. The van der Waals surface area contributed by atoms with Gasteiger partial charge in [-0.05, 0) is 25.7 Å². The molecule has 0 amide bonds. The molecule has 1 fully saturated rings. The molecule has 0 aliphatic heterocycles. The molecule has 1 aliphatic carbocycles. The number of thiazole rings is 1. The maximum Gasteiger partial charge on any atom is 0.183 e. The molecule has 1 N–H and O–H groups in total. The summed E-state index contributed by atoms with van der Waals surface area (Å²) in [6, 6.07) is 0. The van der Waals surface area contributed by atoms with Crippen LogP contribution in [0, 0.1) is 0 Å². The van der Waals surface area contributed by atoms with Crippen molar-refractivity contribution >= 4 is 28.1 Å². The van der Waals surface area contributed by atoms with Crippen LogP contribution in [0.5, 0.6) is 0 Å². The van der Waals surface area contributed by atoms with Gasteiger partial charge < -0.3 is 5.32 Å². The summed E-state index contributed by atoms with van der Waals surface area (Å²) in [7, 11) is 0. The molecule has 14 heavy (non-hydrogen) atoms. The zero-order valence-corrected chi connectivity index (χ0v) is 9.92. The summed E-state index contributed by atoms with van der Waals surface area (Å²) in [6.07, 6.45) is 4.65. The highest BCUT2D eigenvalue weighted by Gasteiger charge is 2.36. The molecule has 78 valence electrons. The molecule has 1 aromatic heterocycles. The molecule has 0 atom stereocenters. The Balaban J connectivity index is 2.02. The molecular formula is C10H15ClN2S. The number of nitrogens with one attached hydrogen (secondary N) is 1. The summed E-state index contributed by atoms with van der Waals surface area (Å²) in [6.45, 7) is 2.12. The first-order valence-electron chi connectivity index (χ1n) is 5.06. The van der Waals surface area contributed by atoms with E-state index in [2.05, 4.69) is 22.6 Å². The molecule has 2 rings (SSSR count). The molecule has 1 aromatic rings. The Morgan fingerprint density at radius 1 is 1.64 bits per heavy atom. The quantitative estimate of drug-likeness (QED) is 0.804. The SMILES string of the molecule is CCc1csc(NC2(CCl)CCC2)n1. The lowest BCUT2D eigenvalue weighted by atomic mass is 9.78. The predicted octanol–water partition coefficient (Wildman–Crippen LogP) is 3.28. The highest BCUT2D eigenvalue weighted by molar-refractivity contribution is 7.13. The summed E-state index contributed by atoms with van der Waals surface area (Å²) in [5, 5.41) is 6.62. The van der Waals surface area contributed by atoms with Gasteiger partial charge in [0.1, 0.15) is 0 Å². The van der Waals surface area contributed by atoms with Crippen LogP contribution in [0.2, 0.25) is 0 Å². The van der Waals surface area contributed by atoms with Crippen LogP contribution in [0.4, 0.5) is 5.13 Å². The average molecular weight is 231 g/mol. The minimum Gasteiger partial charge on any atom is -0.355 e. The van der Waals surface area contributed by atoms with Gasteiger partial charge in [-0.2, -0.15) is 0 Å². The Morgan fingerprint density at radius 2 is 2.43 bits per heavy atom. The first kappa shape index (κ1) is 10.2. The third-order valence-electron chi connectivity index (χ3n) is 2.85. The Hall–Kier alpha value is -0.280.